The molecule has 0 atom stereocenters. The fourth-order valence-corrected chi connectivity index (χ4v) is 2.04. The van der Waals surface area contributed by atoms with Crippen LogP contribution in [0.4, 0.5) is 18.9 Å². The van der Waals surface area contributed by atoms with Gasteiger partial charge in [0.25, 0.3) is 0 Å². The number of carbonyl (C=O) groups excluding carboxylic acids is 2. The molecule has 0 aliphatic carbocycles. The number of anilines is 1. The smallest absolute Gasteiger partial charge is 0.274 e. The Morgan fingerprint density at radius 2 is 1.75 bits per heavy atom. The van der Waals surface area contributed by atoms with Gasteiger partial charge in [0.15, 0.2) is 0 Å². The number of alkyl halides is 3. The predicted molar refractivity (Wildman–Crippen MR) is 62.5 cm³/mol. The van der Waals surface area contributed by atoms with Crippen molar-refractivity contribution in [1.82, 2.24) is 0 Å². The minimum Gasteiger partial charge on any atom is -0.274 e. The van der Waals surface area contributed by atoms with Crippen molar-refractivity contribution in [3.05, 3.63) is 29.3 Å². The minimum absolute atomic E-state index is 0.118. The third-order valence-corrected chi connectivity index (χ3v) is 2.97. The topological polar surface area (TPSA) is 61.2 Å². The third kappa shape index (κ3) is 2.50. The molecule has 0 spiro atoms. The van der Waals surface area contributed by atoms with E-state index in [1.54, 1.807) is 0 Å². The summed E-state index contributed by atoms with van der Waals surface area (Å²) in [5, 5.41) is 8.69. The number of nitriles is 1. The van der Waals surface area contributed by atoms with Gasteiger partial charge in [0.1, 0.15) is 0 Å². The zero-order valence-corrected chi connectivity index (χ0v) is 10.2. The highest BCUT2D eigenvalue weighted by molar-refractivity contribution is 6.16. The van der Waals surface area contributed by atoms with Crippen LogP contribution in [-0.2, 0) is 15.8 Å². The molecule has 1 heterocycles. The van der Waals surface area contributed by atoms with Crippen LogP contribution in [0.15, 0.2) is 18.2 Å². The van der Waals surface area contributed by atoms with Crippen LogP contribution in [0.25, 0.3) is 0 Å². The van der Waals surface area contributed by atoms with E-state index >= 15 is 0 Å². The first-order chi connectivity index (χ1) is 9.34. The summed E-state index contributed by atoms with van der Waals surface area (Å²) in [6.07, 6.45) is -4.08. The molecule has 0 N–H and O–H groups in total. The Kier molecular flexibility index (Phi) is 3.49. The van der Waals surface area contributed by atoms with Gasteiger partial charge in [-0.15, -0.1) is 0 Å². The van der Waals surface area contributed by atoms with Gasteiger partial charge >= 0.3 is 6.18 Å². The number of benzene rings is 1. The molecule has 1 fully saturated rings. The van der Waals surface area contributed by atoms with Crippen molar-refractivity contribution in [3.8, 4) is 6.07 Å². The molecule has 2 rings (SSSR count). The van der Waals surface area contributed by atoms with Gasteiger partial charge in [-0.1, -0.05) is 0 Å². The van der Waals surface area contributed by atoms with E-state index in [1.807, 2.05) is 0 Å². The molecular formula is C13H9F3N2O2. The van der Waals surface area contributed by atoms with E-state index in [-0.39, 0.29) is 18.5 Å². The Labute approximate surface area is 112 Å². The summed E-state index contributed by atoms with van der Waals surface area (Å²) in [4.78, 5) is 24.1. The second-order valence-electron chi connectivity index (χ2n) is 4.32. The molecule has 1 aromatic carbocycles. The number of carbonyl (C=O) groups is 2. The maximum atomic E-state index is 12.8. The highest BCUT2D eigenvalue weighted by atomic mass is 19.4. The molecule has 0 radical (unpaired) electrons. The Bertz CT molecular complexity index is 601. The SMILES string of the molecule is N#Cc1ccc(N2C(=O)CCCC2=O)cc1C(F)(F)F. The van der Waals surface area contributed by atoms with Gasteiger partial charge in [-0.25, -0.2) is 0 Å². The summed E-state index contributed by atoms with van der Waals surface area (Å²) in [7, 11) is 0. The van der Waals surface area contributed by atoms with Crippen molar-refractivity contribution in [1.29, 1.82) is 5.26 Å². The molecule has 20 heavy (non-hydrogen) atoms. The van der Waals surface area contributed by atoms with Gasteiger partial charge < -0.3 is 0 Å². The standard InChI is InChI=1S/C13H9F3N2O2/c14-13(15,16)10-6-9(5-4-8(10)7-17)18-11(19)2-1-3-12(18)20/h4-6H,1-3H2. The lowest BCUT2D eigenvalue weighted by molar-refractivity contribution is -0.138. The van der Waals surface area contributed by atoms with Crippen molar-refractivity contribution in [2.24, 2.45) is 0 Å². The second-order valence-corrected chi connectivity index (χ2v) is 4.32. The van der Waals surface area contributed by atoms with Crippen molar-refractivity contribution >= 4 is 17.5 Å². The van der Waals surface area contributed by atoms with Crippen LogP contribution in [0.2, 0.25) is 0 Å². The monoisotopic (exact) mass is 282 g/mol. The molecule has 0 unspecified atom stereocenters. The van der Waals surface area contributed by atoms with Crippen LogP contribution in [-0.4, -0.2) is 11.8 Å². The normalized spacial score (nSPS) is 16.2. The fourth-order valence-electron chi connectivity index (χ4n) is 2.04. The Morgan fingerprint density at radius 3 is 2.25 bits per heavy atom. The number of piperidine rings is 1. The zero-order chi connectivity index (χ0) is 14.9. The van der Waals surface area contributed by atoms with E-state index in [1.165, 1.54) is 12.1 Å². The summed E-state index contributed by atoms with van der Waals surface area (Å²) in [5.41, 5.74) is -1.84. The number of halogens is 3. The van der Waals surface area contributed by atoms with E-state index in [0.717, 1.165) is 11.0 Å². The van der Waals surface area contributed by atoms with Crippen LogP contribution in [0.5, 0.6) is 0 Å². The van der Waals surface area contributed by atoms with Gasteiger partial charge in [0.2, 0.25) is 11.8 Å². The first-order valence-corrected chi connectivity index (χ1v) is 5.81. The number of nitrogens with zero attached hydrogens (tertiary/aromatic N) is 2. The summed E-state index contributed by atoms with van der Waals surface area (Å²) in [6.45, 7) is 0. The summed E-state index contributed by atoms with van der Waals surface area (Å²) in [6, 6.07) is 4.25. The van der Waals surface area contributed by atoms with Gasteiger partial charge in [-0.2, -0.15) is 18.4 Å². The molecule has 0 aromatic heterocycles. The summed E-state index contributed by atoms with van der Waals surface area (Å²) in [5.74, 6) is -1.06. The van der Waals surface area contributed by atoms with E-state index in [9.17, 15) is 22.8 Å². The Morgan fingerprint density at radius 1 is 1.15 bits per heavy atom. The molecule has 0 bridgehead atoms. The third-order valence-electron chi connectivity index (χ3n) is 2.97. The van der Waals surface area contributed by atoms with Crippen molar-refractivity contribution < 1.29 is 22.8 Å². The molecule has 1 aromatic rings. The highest BCUT2D eigenvalue weighted by Gasteiger charge is 2.35. The molecule has 104 valence electrons. The van der Waals surface area contributed by atoms with E-state index < -0.39 is 29.1 Å². The highest BCUT2D eigenvalue weighted by Crippen LogP contribution is 2.35. The lowest BCUT2D eigenvalue weighted by Gasteiger charge is -2.25. The number of hydrogen-bond donors (Lipinski definition) is 0. The molecule has 1 saturated heterocycles. The summed E-state index contributed by atoms with van der Waals surface area (Å²) >= 11 is 0. The predicted octanol–water partition coefficient (Wildman–Crippen LogP) is 2.62. The number of rotatable bonds is 1. The Balaban J connectivity index is 2.51. The van der Waals surface area contributed by atoms with Gasteiger partial charge in [-0.05, 0) is 24.6 Å². The lowest BCUT2D eigenvalue weighted by Crippen LogP contribution is -2.40. The molecule has 0 saturated carbocycles. The molecule has 1 aliphatic rings. The van der Waals surface area contributed by atoms with Crippen molar-refractivity contribution in [2.75, 3.05) is 4.90 Å². The van der Waals surface area contributed by atoms with Crippen LogP contribution >= 0.6 is 0 Å². The van der Waals surface area contributed by atoms with Gasteiger partial charge in [-0.3, -0.25) is 14.5 Å². The minimum atomic E-state index is -4.72. The van der Waals surface area contributed by atoms with E-state index in [0.29, 0.717) is 12.5 Å². The maximum absolute atomic E-state index is 12.8. The molecule has 4 nitrogen and oxygen atoms in total. The zero-order valence-electron chi connectivity index (χ0n) is 10.2. The average Bonchev–Trinajstić information content (AvgIpc) is 2.37. The largest absolute Gasteiger partial charge is 0.417 e. The molecule has 2 amide bonds. The maximum Gasteiger partial charge on any atom is 0.417 e. The van der Waals surface area contributed by atoms with E-state index in [2.05, 4.69) is 0 Å². The first-order valence-electron chi connectivity index (χ1n) is 5.81. The molecule has 7 heteroatoms. The second kappa shape index (κ2) is 4.96. The van der Waals surface area contributed by atoms with Gasteiger partial charge in [0, 0.05) is 12.8 Å². The molecular weight excluding hydrogens is 273 g/mol. The summed E-state index contributed by atoms with van der Waals surface area (Å²) < 4.78 is 38.5. The number of hydrogen-bond acceptors (Lipinski definition) is 3. The molecule has 1 aliphatic heterocycles. The quantitative estimate of drug-likeness (QED) is 0.744. The fraction of sp³-hybridized carbons (Fsp3) is 0.308. The first kappa shape index (κ1) is 14.1. The van der Waals surface area contributed by atoms with Crippen LogP contribution in [0.1, 0.15) is 30.4 Å². The Hall–Kier alpha value is -2.36. The van der Waals surface area contributed by atoms with Crippen molar-refractivity contribution in [3.63, 3.8) is 0 Å². The van der Waals surface area contributed by atoms with E-state index in [4.69, 9.17) is 5.26 Å². The number of amides is 2. The van der Waals surface area contributed by atoms with Crippen LogP contribution < -0.4 is 4.90 Å². The average molecular weight is 282 g/mol. The lowest BCUT2D eigenvalue weighted by atomic mass is 10.0. The van der Waals surface area contributed by atoms with Gasteiger partial charge in [0.05, 0.1) is 22.9 Å². The van der Waals surface area contributed by atoms with Crippen LogP contribution in [0.3, 0.4) is 0 Å². The van der Waals surface area contributed by atoms with Crippen molar-refractivity contribution in [2.45, 2.75) is 25.4 Å². The number of imide groups is 1. The van der Waals surface area contributed by atoms with Crippen LogP contribution in [0, 0.1) is 11.3 Å².